The van der Waals surface area contributed by atoms with Crippen LogP contribution in [0.2, 0.25) is 0 Å². The second-order valence-electron chi connectivity index (χ2n) is 4.89. The lowest BCUT2D eigenvalue weighted by Gasteiger charge is -2.32. The molecule has 1 heterocycles. The first-order chi connectivity index (χ1) is 9.76. The smallest absolute Gasteiger partial charge is 0.378 e. The summed E-state index contributed by atoms with van der Waals surface area (Å²) in [5.74, 6) is 0. The molecule has 0 saturated carbocycles. The normalized spacial score (nSPS) is 14.6. The van der Waals surface area contributed by atoms with Gasteiger partial charge in [0.2, 0.25) is 5.60 Å². The Balaban J connectivity index is 2.65. The second kappa shape index (κ2) is 5.37. The number of hydrogen-bond acceptors (Lipinski definition) is 3. The van der Waals surface area contributed by atoms with E-state index in [-0.39, 0.29) is 11.1 Å². The van der Waals surface area contributed by atoms with Crippen LogP contribution in [0.25, 0.3) is 0 Å². The first kappa shape index (κ1) is 15.3. The zero-order valence-corrected chi connectivity index (χ0v) is 11.6. The number of pyridine rings is 1. The molecule has 1 aromatic heterocycles. The van der Waals surface area contributed by atoms with Gasteiger partial charge >= 0.3 is 6.18 Å². The first-order valence-electron chi connectivity index (χ1n) is 6.24. The summed E-state index contributed by atoms with van der Waals surface area (Å²) in [6, 6.07) is 8.08. The summed E-state index contributed by atoms with van der Waals surface area (Å²) >= 11 is 0. The van der Waals surface area contributed by atoms with Crippen LogP contribution in [-0.4, -0.2) is 30.4 Å². The SMILES string of the molecule is CN(C)c1cccc(C(O)(c2ccncc2)C(F)(F)F)c1. The fourth-order valence-corrected chi connectivity index (χ4v) is 2.10. The number of aromatic nitrogens is 1. The van der Waals surface area contributed by atoms with Crippen molar-refractivity contribution >= 4 is 5.69 Å². The number of rotatable bonds is 3. The molecule has 0 aliphatic heterocycles. The molecule has 1 N–H and O–H groups in total. The van der Waals surface area contributed by atoms with Crippen molar-refractivity contribution in [2.75, 3.05) is 19.0 Å². The van der Waals surface area contributed by atoms with E-state index < -0.39 is 11.8 Å². The molecule has 0 radical (unpaired) electrons. The molecule has 0 spiro atoms. The van der Waals surface area contributed by atoms with E-state index in [1.54, 1.807) is 25.1 Å². The summed E-state index contributed by atoms with van der Waals surface area (Å²) in [5.41, 5.74) is -2.99. The van der Waals surface area contributed by atoms with Gasteiger partial charge in [-0.25, -0.2) is 0 Å². The van der Waals surface area contributed by atoms with E-state index in [4.69, 9.17) is 0 Å². The van der Waals surface area contributed by atoms with E-state index in [0.29, 0.717) is 5.69 Å². The van der Waals surface area contributed by atoms with Crippen LogP contribution in [0.5, 0.6) is 0 Å². The number of benzene rings is 1. The minimum absolute atomic E-state index is 0.229. The van der Waals surface area contributed by atoms with Crippen LogP contribution >= 0.6 is 0 Å². The van der Waals surface area contributed by atoms with Crippen molar-refractivity contribution in [1.82, 2.24) is 4.98 Å². The highest BCUT2D eigenvalue weighted by molar-refractivity contribution is 5.51. The van der Waals surface area contributed by atoms with E-state index in [2.05, 4.69) is 4.98 Å². The van der Waals surface area contributed by atoms with Gasteiger partial charge in [0.05, 0.1) is 0 Å². The van der Waals surface area contributed by atoms with Gasteiger partial charge in [-0.3, -0.25) is 4.98 Å². The maximum Gasteiger partial charge on any atom is 0.425 e. The molecule has 0 fully saturated rings. The largest absolute Gasteiger partial charge is 0.425 e. The summed E-state index contributed by atoms with van der Waals surface area (Å²) in [7, 11) is 3.44. The van der Waals surface area contributed by atoms with E-state index >= 15 is 0 Å². The van der Waals surface area contributed by atoms with Crippen molar-refractivity contribution in [3.05, 3.63) is 59.9 Å². The molecule has 0 bridgehead atoms. The van der Waals surface area contributed by atoms with E-state index in [0.717, 1.165) is 12.1 Å². The fourth-order valence-electron chi connectivity index (χ4n) is 2.10. The van der Waals surface area contributed by atoms with Crippen molar-refractivity contribution < 1.29 is 18.3 Å². The average molecular weight is 296 g/mol. The molecule has 112 valence electrons. The lowest BCUT2D eigenvalue weighted by atomic mass is 9.86. The molecule has 1 aromatic carbocycles. The van der Waals surface area contributed by atoms with Crippen LogP contribution in [0.3, 0.4) is 0 Å². The molecule has 0 aliphatic rings. The number of hydrogen-bond donors (Lipinski definition) is 1. The maximum atomic E-state index is 13.5. The summed E-state index contributed by atoms with van der Waals surface area (Å²) < 4.78 is 40.6. The van der Waals surface area contributed by atoms with Crippen LogP contribution in [0.1, 0.15) is 11.1 Å². The van der Waals surface area contributed by atoms with E-state index in [1.807, 2.05) is 0 Å². The Morgan fingerprint density at radius 2 is 1.62 bits per heavy atom. The summed E-state index contributed by atoms with van der Waals surface area (Å²) in [6.07, 6.45) is -2.40. The monoisotopic (exact) mass is 296 g/mol. The molecule has 3 nitrogen and oxygen atoms in total. The van der Waals surface area contributed by atoms with E-state index in [1.165, 1.54) is 30.6 Å². The minimum Gasteiger partial charge on any atom is -0.378 e. The highest BCUT2D eigenvalue weighted by Gasteiger charge is 2.56. The summed E-state index contributed by atoms with van der Waals surface area (Å²) in [5, 5.41) is 10.4. The lowest BCUT2D eigenvalue weighted by molar-refractivity contribution is -0.248. The number of anilines is 1. The number of alkyl halides is 3. The molecule has 2 rings (SSSR count). The predicted molar refractivity (Wildman–Crippen MR) is 74.1 cm³/mol. The number of nitrogens with zero attached hydrogens (tertiary/aromatic N) is 2. The van der Waals surface area contributed by atoms with Crippen LogP contribution in [-0.2, 0) is 5.60 Å². The highest BCUT2D eigenvalue weighted by atomic mass is 19.4. The molecule has 0 aliphatic carbocycles. The summed E-state index contributed by atoms with van der Waals surface area (Å²) in [6.45, 7) is 0. The lowest BCUT2D eigenvalue weighted by Crippen LogP contribution is -2.43. The van der Waals surface area contributed by atoms with Crippen molar-refractivity contribution in [3.8, 4) is 0 Å². The quantitative estimate of drug-likeness (QED) is 0.946. The van der Waals surface area contributed by atoms with Gasteiger partial charge in [-0.15, -0.1) is 0 Å². The Hall–Kier alpha value is -2.08. The fraction of sp³-hybridized carbons (Fsp3) is 0.267. The van der Waals surface area contributed by atoms with Gasteiger partial charge in [0.15, 0.2) is 0 Å². The third-order valence-electron chi connectivity index (χ3n) is 3.29. The standard InChI is InChI=1S/C15H15F3N2O/c1-20(2)13-5-3-4-12(10-13)14(21,15(16,17)18)11-6-8-19-9-7-11/h3-10,21H,1-2H3. The third-order valence-corrected chi connectivity index (χ3v) is 3.29. The molecule has 1 atom stereocenters. The van der Waals surface area contributed by atoms with E-state index in [9.17, 15) is 18.3 Å². The molecule has 2 aromatic rings. The Morgan fingerprint density at radius 1 is 1.00 bits per heavy atom. The van der Waals surface area contributed by atoms with Crippen LogP contribution in [0.4, 0.5) is 18.9 Å². The van der Waals surface area contributed by atoms with Gasteiger partial charge in [-0.2, -0.15) is 13.2 Å². The molecule has 0 amide bonds. The molecule has 21 heavy (non-hydrogen) atoms. The van der Waals surface area contributed by atoms with Crippen LogP contribution in [0.15, 0.2) is 48.8 Å². The Morgan fingerprint density at radius 3 is 2.14 bits per heavy atom. The van der Waals surface area contributed by atoms with Crippen molar-refractivity contribution in [2.45, 2.75) is 11.8 Å². The van der Waals surface area contributed by atoms with Gasteiger partial charge < -0.3 is 10.0 Å². The van der Waals surface area contributed by atoms with Gasteiger partial charge in [0.25, 0.3) is 0 Å². The number of halogens is 3. The van der Waals surface area contributed by atoms with Gasteiger partial charge in [-0.05, 0) is 29.8 Å². The van der Waals surface area contributed by atoms with Crippen molar-refractivity contribution in [3.63, 3.8) is 0 Å². The molecular formula is C15H15F3N2O. The Labute approximate surface area is 120 Å². The number of aliphatic hydroxyl groups is 1. The van der Waals surface area contributed by atoms with Crippen LogP contribution < -0.4 is 4.90 Å². The van der Waals surface area contributed by atoms with Crippen molar-refractivity contribution in [1.29, 1.82) is 0 Å². The molecule has 6 heteroatoms. The van der Waals surface area contributed by atoms with Crippen molar-refractivity contribution in [2.24, 2.45) is 0 Å². The molecule has 0 saturated heterocycles. The van der Waals surface area contributed by atoms with Crippen LogP contribution in [0, 0.1) is 0 Å². The van der Waals surface area contributed by atoms with Gasteiger partial charge in [0.1, 0.15) is 0 Å². The predicted octanol–water partition coefficient (Wildman–Crippen LogP) is 2.95. The van der Waals surface area contributed by atoms with Gasteiger partial charge in [-0.1, -0.05) is 12.1 Å². The Bertz CT molecular complexity index is 614. The average Bonchev–Trinajstić information content (AvgIpc) is 2.46. The highest BCUT2D eigenvalue weighted by Crippen LogP contribution is 2.44. The maximum absolute atomic E-state index is 13.5. The zero-order valence-electron chi connectivity index (χ0n) is 11.6. The topological polar surface area (TPSA) is 36.4 Å². The molecular weight excluding hydrogens is 281 g/mol. The summed E-state index contributed by atoms with van der Waals surface area (Å²) in [4.78, 5) is 5.37. The molecule has 1 unspecified atom stereocenters. The second-order valence-corrected chi connectivity index (χ2v) is 4.89. The minimum atomic E-state index is -4.85. The zero-order chi connectivity index (χ0) is 15.7. The van der Waals surface area contributed by atoms with Gasteiger partial charge in [0, 0.05) is 37.7 Å². The Kier molecular flexibility index (Phi) is 3.91. The third kappa shape index (κ3) is 2.71. The first-order valence-corrected chi connectivity index (χ1v) is 6.24.